The van der Waals surface area contributed by atoms with Gasteiger partial charge in [-0.3, -0.25) is 9.59 Å². The fourth-order valence-corrected chi connectivity index (χ4v) is 4.74. The van der Waals surface area contributed by atoms with Crippen LogP contribution in [0.5, 0.6) is 0 Å². The zero-order valence-corrected chi connectivity index (χ0v) is 19.9. The molecule has 176 valence electrons. The molecule has 1 saturated heterocycles. The number of piperazine rings is 1. The number of sulfone groups is 1. The Labute approximate surface area is 194 Å². The van der Waals surface area contributed by atoms with Crippen molar-refractivity contribution in [1.29, 1.82) is 0 Å². The number of halogens is 1. The first-order valence-electron chi connectivity index (χ1n) is 10.8. The number of hydrogen-bond acceptors (Lipinski definition) is 4. The van der Waals surface area contributed by atoms with E-state index in [1.807, 2.05) is 6.92 Å². The van der Waals surface area contributed by atoms with Gasteiger partial charge in [0.2, 0.25) is 11.8 Å². The van der Waals surface area contributed by atoms with Crippen LogP contribution in [0.15, 0.2) is 60.0 Å². The van der Waals surface area contributed by atoms with Crippen LogP contribution in [-0.2, 0) is 25.8 Å². The lowest BCUT2D eigenvalue weighted by Gasteiger charge is -2.40. The van der Waals surface area contributed by atoms with Crippen molar-refractivity contribution in [2.24, 2.45) is 0 Å². The van der Waals surface area contributed by atoms with E-state index in [0.717, 1.165) is 11.8 Å². The Balaban J connectivity index is 1.89. The maximum absolute atomic E-state index is 14.4. The maximum atomic E-state index is 14.4. The van der Waals surface area contributed by atoms with E-state index in [9.17, 15) is 22.4 Å². The molecule has 0 bridgehead atoms. The smallest absolute Gasteiger partial charge is 0.246 e. The monoisotopic (exact) mass is 472 g/mol. The second-order valence-electron chi connectivity index (χ2n) is 8.55. The Morgan fingerprint density at radius 1 is 1.18 bits per heavy atom. The van der Waals surface area contributed by atoms with Crippen LogP contribution in [0.25, 0.3) is 0 Å². The summed E-state index contributed by atoms with van der Waals surface area (Å²) >= 11 is 0. The van der Waals surface area contributed by atoms with E-state index < -0.39 is 15.8 Å². The molecule has 8 heteroatoms. The molecule has 0 aromatic heterocycles. The molecule has 2 aromatic rings. The van der Waals surface area contributed by atoms with E-state index in [1.54, 1.807) is 41.0 Å². The SMILES string of the molecule is C=CC(=O)N1CCN(C(=O)[C@@H](Cc2ccc(S(C)(=O)=O)cc2)c2ccc(C)c(F)c2)C[C@H]1C. The van der Waals surface area contributed by atoms with Gasteiger partial charge in [-0.05, 0) is 61.2 Å². The summed E-state index contributed by atoms with van der Waals surface area (Å²) in [6.07, 6.45) is 2.71. The lowest BCUT2D eigenvalue weighted by molar-refractivity contribution is -0.140. The van der Waals surface area contributed by atoms with Crippen molar-refractivity contribution >= 4 is 21.7 Å². The summed E-state index contributed by atoms with van der Waals surface area (Å²) in [5.41, 5.74) is 1.83. The average Bonchev–Trinajstić information content (AvgIpc) is 2.78. The maximum Gasteiger partial charge on any atom is 0.246 e. The minimum absolute atomic E-state index is 0.150. The highest BCUT2D eigenvalue weighted by atomic mass is 32.2. The topological polar surface area (TPSA) is 74.8 Å². The first-order valence-corrected chi connectivity index (χ1v) is 12.7. The molecule has 0 N–H and O–H groups in total. The molecule has 1 fully saturated rings. The van der Waals surface area contributed by atoms with Gasteiger partial charge >= 0.3 is 0 Å². The lowest BCUT2D eigenvalue weighted by Crippen LogP contribution is -2.56. The summed E-state index contributed by atoms with van der Waals surface area (Å²) in [4.78, 5) is 29.2. The Kier molecular flexibility index (Phi) is 7.37. The summed E-state index contributed by atoms with van der Waals surface area (Å²) < 4.78 is 37.9. The molecule has 6 nitrogen and oxygen atoms in total. The summed E-state index contributed by atoms with van der Waals surface area (Å²) in [6.45, 7) is 8.22. The zero-order valence-electron chi connectivity index (χ0n) is 19.1. The van der Waals surface area contributed by atoms with Crippen LogP contribution >= 0.6 is 0 Å². The third kappa shape index (κ3) is 5.68. The number of carbonyl (C=O) groups excluding carboxylic acids is 2. The summed E-state index contributed by atoms with van der Waals surface area (Å²) in [6, 6.07) is 11.0. The van der Waals surface area contributed by atoms with E-state index >= 15 is 0 Å². The number of hydrogen-bond donors (Lipinski definition) is 0. The minimum atomic E-state index is -3.33. The molecule has 2 atom stereocenters. The van der Waals surface area contributed by atoms with E-state index in [1.165, 1.54) is 24.3 Å². The van der Waals surface area contributed by atoms with Crippen LogP contribution in [0.3, 0.4) is 0 Å². The molecule has 33 heavy (non-hydrogen) atoms. The number of aryl methyl sites for hydroxylation is 1. The van der Waals surface area contributed by atoms with Crippen LogP contribution in [-0.4, -0.2) is 62.0 Å². The highest BCUT2D eigenvalue weighted by Crippen LogP contribution is 2.27. The Bertz CT molecular complexity index is 1160. The first kappa shape index (κ1) is 24.6. The summed E-state index contributed by atoms with van der Waals surface area (Å²) in [5.74, 6) is -1.34. The van der Waals surface area contributed by atoms with Crippen LogP contribution < -0.4 is 0 Å². The van der Waals surface area contributed by atoms with Crippen molar-refractivity contribution in [3.05, 3.63) is 77.6 Å². The molecular formula is C25H29FN2O4S. The second kappa shape index (κ2) is 9.87. The standard InChI is InChI=1S/C25H29FN2O4S/c1-5-24(29)28-13-12-27(16-18(28)3)25(30)22(20-9-6-17(2)23(26)15-20)14-19-7-10-21(11-8-19)33(4,31)32/h5-11,15,18,22H,1,12-14,16H2,2-4H3/t18-,22+/m1/s1. The Morgan fingerprint density at radius 3 is 2.39 bits per heavy atom. The molecule has 1 aliphatic rings. The van der Waals surface area contributed by atoms with Gasteiger partial charge in [-0.15, -0.1) is 0 Å². The van der Waals surface area contributed by atoms with E-state index in [0.29, 0.717) is 37.2 Å². The van der Waals surface area contributed by atoms with Gasteiger partial charge in [0.05, 0.1) is 10.8 Å². The predicted molar refractivity (Wildman–Crippen MR) is 125 cm³/mol. The lowest BCUT2D eigenvalue weighted by atomic mass is 9.89. The predicted octanol–water partition coefficient (Wildman–Crippen LogP) is 3.11. The highest BCUT2D eigenvalue weighted by molar-refractivity contribution is 7.90. The van der Waals surface area contributed by atoms with E-state index in [-0.39, 0.29) is 28.6 Å². The number of benzene rings is 2. The van der Waals surface area contributed by atoms with Gasteiger partial charge in [-0.1, -0.05) is 30.8 Å². The molecule has 3 rings (SSSR count). The van der Waals surface area contributed by atoms with E-state index in [4.69, 9.17) is 0 Å². The van der Waals surface area contributed by atoms with Crippen LogP contribution in [0, 0.1) is 12.7 Å². The third-order valence-electron chi connectivity index (χ3n) is 6.08. The van der Waals surface area contributed by atoms with Gasteiger partial charge in [-0.2, -0.15) is 0 Å². The van der Waals surface area contributed by atoms with Gasteiger partial charge in [0, 0.05) is 31.9 Å². The normalized spacial score (nSPS) is 17.5. The summed E-state index contributed by atoms with van der Waals surface area (Å²) in [5, 5.41) is 0. The Hall–Kier alpha value is -3.00. The quantitative estimate of drug-likeness (QED) is 0.606. The number of rotatable bonds is 6. The van der Waals surface area contributed by atoms with Gasteiger partial charge < -0.3 is 9.80 Å². The third-order valence-corrected chi connectivity index (χ3v) is 7.21. The van der Waals surface area contributed by atoms with Crippen molar-refractivity contribution in [3.63, 3.8) is 0 Å². The minimum Gasteiger partial charge on any atom is -0.338 e. The number of amides is 2. The largest absolute Gasteiger partial charge is 0.338 e. The fourth-order valence-electron chi connectivity index (χ4n) is 4.10. The van der Waals surface area contributed by atoms with Gasteiger partial charge in [0.1, 0.15) is 5.82 Å². The average molecular weight is 473 g/mol. The van der Waals surface area contributed by atoms with Gasteiger partial charge in [-0.25, -0.2) is 12.8 Å². The molecule has 0 aliphatic carbocycles. The second-order valence-corrected chi connectivity index (χ2v) is 10.6. The van der Waals surface area contributed by atoms with Crippen molar-refractivity contribution in [2.75, 3.05) is 25.9 Å². The van der Waals surface area contributed by atoms with Crippen LogP contribution in [0.2, 0.25) is 0 Å². The van der Waals surface area contributed by atoms with Crippen LogP contribution in [0.1, 0.15) is 29.5 Å². The van der Waals surface area contributed by atoms with Crippen molar-refractivity contribution in [3.8, 4) is 0 Å². The van der Waals surface area contributed by atoms with Crippen molar-refractivity contribution < 1.29 is 22.4 Å². The first-order chi connectivity index (χ1) is 15.5. The molecule has 0 saturated carbocycles. The van der Waals surface area contributed by atoms with Gasteiger partial charge in [0.15, 0.2) is 9.84 Å². The fraction of sp³-hybridized carbons (Fsp3) is 0.360. The number of carbonyl (C=O) groups is 2. The molecule has 1 heterocycles. The van der Waals surface area contributed by atoms with Crippen molar-refractivity contribution in [2.45, 2.75) is 37.1 Å². The number of nitrogens with zero attached hydrogens (tertiary/aromatic N) is 2. The highest BCUT2D eigenvalue weighted by Gasteiger charge is 2.33. The van der Waals surface area contributed by atoms with Gasteiger partial charge in [0.25, 0.3) is 0 Å². The molecule has 2 aromatic carbocycles. The molecule has 1 aliphatic heterocycles. The van der Waals surface area contributed by atoms with E-state index in [2.05, 4.69) is 6.58 Å². The van der Waals surface area contributed by atoms with Crippen molar-refractivity contribution in [1.82, 2.24) is 9.80 Å². The zero-order chi connectivity index (χ0) is 24.3. The molecule has 0 radical (unpaired) electrons. The molecule has 0 spiro atoms. The molecule has 0 unspecified atom stereocenters. The Morgan fingerprint density at radius 2 is 1.85 bits per heavy atom. The molecular weight excluding hydrogens is 443 g/mol. The molecule has 2 amide bonds. The van der Waals surface area contributed by atoms with Crippen LogP contribution in [0.4, 0.5) is 4.39 Å². The summed E-state index contributed by atoms with van der Waals surface area (Å²) in [7, 11) is -3.33.